The van der Waals surface area contributed by atoms with Crippen molar-refractivity contribution in [1.82, 2.24) is 4.98 Å². The summed E-state index contributed by atoms with van der Waals surface area (Å²) in [6.07, 6.45) is 0. The summed E-state index contributed by atoms with van der Waals surface area (Å²) in [6, 6.07) is 6.95. The Morgan fingerprint density at radius 1 is 1.28 bits per heavy atom. The standard InChI is InChI=1S/C14H15NO3/c1-8(2)13-10(14(16)17)5-6-11(15-13)12-7-4-9(3)18-12/h4-8H,1-3H3,(H,16,17). The molecule has 2 rings (SSSR count). The summed E-state index contributed by atoms with van der Waals surface area (Å²) in [7, 11) is 0. The van der Waals surface area contributed by atoms with Crippen molar-refractivity contribution in [3.63, 3.8) is 0 Å². The second-order valence-corrected chi connectivity index (χ2v) is 4.50. The van der Waals surface area contributed by atoms with Crippen LogP contribution in [-0.4, -0.2) is 16.1 Å². The van der Waals surface area contributed by atoms with Crippen LogP contribution in [0.15, 0.2) is 28.7 Å². The number of pyridine rings is 1. The molecule has 0 bridgehead atoms. The second kappa shape index (κ2) is 4.64. The van der Waals surface area contributed by atoms with Crippen LogP contribution in [0.2, 0.25) is 0 Å². The average Bonchev–Trinajstić information content (AvgIpc) is 2.75. The van der Waals surface area contributed by atoms with E-state index < -0.39 is 5.97 Å². The molecule has 4 nitrogen and oxygen atoms in total. The van der Waals surface area contributed by atoms with Crippen LogP contribution in [-0.2, 0) is 0 Å². The van der Waals surface area contributed by atoms with E-state index in [1.54, 1.807) is 12.1 Å². The smallest absolute Gasteiger partial charge is 0.337 e. The highest BCUT2D eigenvalue weighted by Gasteiger charge is 2.16. The van der Waals surface area contributed by atoms with E-state index in [-0.39, 0.29) is 11.5 Å². The molecule has 0 aliphatic carbocycles. The highest BCUT2D eigenvalue weighted by molar-refractivity contribution is 5.89. The van der Waals surface area contributed by atoms with Crippen molar-refractivity contribution in [2.75, 3.05) is 0 Å². The van der Waals surface area contributed by atoms with Gasteiger partial charge < -0.3 is 9.52 Å². The van der Waals surface area contributed by atoms with Crippen molar-refractivity contribution >= 4 is 5.97 Å². The predicted octanol–water partition coefficient (Wildman–Crippen LogP) is 3.47. The third-order valence-electron chi connectivity index (χ3n) is 2.69. The molecule has 1 N–H and O–H groups in total. The average molecular weight is 245 g/mol. The van der Waals surface area contributed by atoms with Crippen LogP contribution in [0.1, 0.15) is 41.6 Å². The van der Waals surface area contributed by atoms with E-state index in [2.05, 4.69) is 4.98 Å². The van der Waals surface area contributed by atoms with Gasteiger partial charge in [-0.05, 0) is 37.1 Å². The van der Waals surface area contributed by atoms with Crippen molar-refractivity contribution in [3.8, 4) is 11.5 Å². The Hall–Kier alpha value is -2.10. The Bertz CT molecular complexity index is 584. The number of carboxylic acid groups (broad SMARTS) is 1. The van der Waals surface area contributed by atoms with Gasteiger partial charge in [0.05, 0.1) is 11.3 Å². The van der Waals surface area contributed by atoms with Crippen molar-refractivity contribution in [2.45, 2.75) is 26.7 Å². The van der Waals surface area contributed by atoms with Gasteiger partial charge in [-0.15, -0.1) is 0 Å². The SMILES string of the molecule is Cc1ccc(-c2ccc(C(=O)O)c(C(C)C)n2)o1. The van der Waals surface area contributed by atoms with Gasteiger partial charge in [-0.3, -0.25) is 0 Å². The second-order valence-electron chi connectivity index (χ2n) is 4.50. The number of carboxylic acids is 1. The zero-order chi connectivity index (χ0) is 13.3. The lowest BCUT2D eigenvalue weighted by molar-refractivity contribution is 0.0694. The first-order chi connectivity index (χ1) is 8.49. The van der Waals surface area contributed by atoms with Crippen LogP contribution in [0.25, 0.3) is 11.5 Å². The van der Waals surface area contributed by atoms with Crippen molar-refractivity contribution in [3.05, 3.63) is 41.3 Å². The van der Waals surface area contributed by atoms with Crippen LogP contribution >= 0.6 is 0 Å². The molecule has 0 spiro atoms. The fraction of sp³-hybridized carbons (Fsp3) is 0.286. The molecule has 0 aromatic carbocycles. The molecule has 94 valence electrons. The van der Waals surface area contributed by atoms with Crippen molar-refractivity contribution < 1.29 is 14.3 Å². The molecule has 0 aliphatic rings. The molecule has 0 radical (unpaired) electrons. The minimum Gasteiger partial charge on any atom is -0.478 e. The van der Waals surface area contributed by atoms with E-state index in [0.29, 0.717) is 17.1 Å². The fourth-order valence-electron chi connectivity index (χ4n) is 1.81. The monoisotopic (exact) mass is 245 g/mol. The molecule has 4 heteroatoms. The van der Waals surface area contributed by atoms with Gasteiger partial charge in [-0.2, -0.15) is 0 Å². The first-order valence-electron chi connectivity index (χ1n) is 5.80. The maximum atomic E-state index is 11.1. The van der Waals surface area contributed by atoms with Crippen LogP contribution in [0, 0.1) is 6.92 Å². The molecule has 0 unspecified atom stereocenters. The van der Waals surface area contributed by atoms with E-state index >= 15 is 0 Å². The van der Waals surface area contributed by atoms with E-state index in [1.807, 2.05) is 32.9 Å². The van der Waals surface area contributed by atoms with Gasteiger partial charge in [0.25, 0.3) is 0 Å². The molecule has 0 saturated heterocycles. The molecule has 0 atom stereocenters. The molecular formula is C14H15NO3. The molecule has 0 fully saturated rings. The highest BCUT2D eigenvalue weighted by Crippen LogP contribution is 2.24. The summed E-state index contributed by atoms with van der Waals surface area (Å²) < 4.78 is 5.49. The van der Waals surface area contributed by atoms with Crippen molar-refractivity contribution in [2.24, 2.45) is 0 Å². The van der Waals surface area contributed by atoms with E-state index in [4.69, 9.17) is 9.52 Å². The predicted molar refractivity (Wildman–Crippen MR) is 67.7 cm³/mol. The fourth-order valence-corrected chi connectivity index (χ4v) is 1.81. The lowest BCUT2D eigenvalue weighted by atomic mass is 10.0. The Labute approximate surface area is 105 Å². The third-order valence-corrected chi connectivity index (χ3v) is 2.69. The van der Waals surface area contributed by atoms with E-state index in [1.165, 1.54) is 0 Å². The maximum Gasteiger partial charge on any atom is 0.337 e. The highest BCUT2D eigenvalue weighted by atomic mass is 16.4. The molecule has 2 aromatic heterocycles. The number of carbonyl (C=O) groups is 1. The Morgan fingerprint density at radius 2 is 2.00 bits per heavy atom. The van der Waals surface area contributed by atoms with Crippen LogP contribution in [0.3, 0.4) is 0 Å². The number of aryl methyl sites for hydroxylation is 1. The summed E-state index contributed by atoms with van der Waals surface area (Å²) >= 11 is 0. The summed E-state index contributed by atoms with van der Waals surface area (Å²) in [5.41, 5.74) is 1.49. The Kier molecular flexibility index (Phi) is 3.19. The number of hydrogen-bond donors (Lipinski definition) is 1. The largest absolute Gasteiger partial charge is 0.478 e. The van der Waals surface area contributed by atoms with Gasteiger partial charge in [0.1, 0.15) is 11.5 Å². The number of nitrogens with zero attached hydrogens (tertiary/aromatic N) is 1. The minimum absolute atomic E-state index is 0.0482. The molecule has 2 heterocycles. The van der Waals surface area contributed by atoms with Gasteiger partial charge in [0, 0.05) is 0 Å². The molecule has 2 aromatic rings. The molecule has 0 amide bonds. The first kappa shape index (κ1) is 12.4. The van der Waals surface area contributed by atoms with Gasteiger partial charge in [0.15, 0.2) is 5.76 Å². The lowest BCUT2D eigenvalue weighted by Crippen LogP contribution is -2.07. The summed E-state index contributed by atoms with van der Waals surface area (Å²) in [5.74, 6) is 0.562. The van der Waals surface area contributed by atoms with Gasteiger partial charge in [-0.25, -0.2) is 9.78 Å². The van der Waals surface area contributed by atoms with Gasteiger partial charge in [0.2, 0.25) is 0 Å². The first-order valence-corrected chi connectivity index (χ1v) is 5.80. The Balaban J connectivity index is 2.53. The molecule has 18 heavy (non-hydrogen) atoms. The topological polar surface area (TPSA) is 63.3 Å². The number of hydrogen-bond acceptors (Lipinski definition) is 3. The summed E-state index contributed by atoms with van der Waals surface area (Å²) in [4.78, 5) is 15.5. The zero-order valence-electron chi connectivity index (χ0n) is 10.6. The quantitative estimate of drug-likeness (QED) is 0.899. The van der Waals surface area contributed by atoms with Crippen LogP contribution in [0.4, 0.5) is 0 Å². The van der Waals surface area contributed by atoms with Gasteiger partial charge >= 0.3 is 5.97 Å². The van der Waals surface area contributed by atoms with Crippen LogP contribution in [0.5, 0.6) is 0 Å². The van der Waals surface area contributed by atoms with E-state index in [9.17, 15) is 4.79 Å². The number of aromatic nitrogens is 1. The number of furan rings is 1. The third kappa shape index (κ3) is 2.27. The Morgan fingerprint density at radius 3 is 2.50 bits per heavy atom. The normalized spacial score (nSPS) is 10.9. The van der Waals surface area contributed by atoms with Crippen molar-refractivity contribution in [1.29, 1.82) is 0 Å². The number of rotatable bonds is 3. The lowest BCUT2D eigenvalue weighted by Gasteiger charge is -2.09. The zero-order valence-corrected chi connectivity index (χ0v) is 10.6. The molecular weight excluding hydrogens is 230 g/mol. The maximum absolute atomic E-state index is 11.1. The van der Waals surface area contributed by atoms with Crippen LogP contribution < -0.4 is 0 Å². The van der Waals surface area contributed by atoms with Gasteiger partial charge in [-0.1, -0.05) is 13.8 Å². The summed E-state index contributed by atoms with van der Waals surface area (Å²) in [6.45, 7) is 5.70. The molecule has 0 aliphatic heterocycles. The molecule has 0 saturated carbocycles. The van der Waals surface area contributed by atoms with E-state index in [0.717, 1.165) is 5.76 Å². The summed E-state index contributed by atoms with van der Waals surface area (Å²) in [5, 5.41) is 9.12. The number of aromatic carboxylic acids is 1. The minimum atomic E-state index is -0.951.